The topological polar surface area (TPSA) is 104 Å². The van der Waals surface area contributed by atoms with Gasteiger partial charge in [-0.3, -0.25) is 19.1 Å². The van der Waals surface area contributed by atoms with Gasteiger partial charge in [0.1, 0.15) is 6.54 Å². The number of aliphatic carboxylic acids is 1. The van der Waals surface area contributed by atoms with Crippen LogP contribution in [-0.2, 0) is 16.1 Å². The molecule has 0 saturated heterocycles. The number of nitrogens with one attached hydrogen (secondary N) is 1. The molecule has 1 aliphatic heterocycles. The first-order valence-corrected chi connectivity index (χ1v) is 8.94. The van der Waals surface area contributed by atoms with E-state index in [0.29, 0.717) is 8.83 Å². The molecule has 0 fully saturated rings. The molecule has 0 bridgehead atoms. The maximum atomic E-state index is 11.9. The molecular formula is C17H15N3O4S2. The molecule has 7 nitrogen and oxygen atoms in total. The average molecular weight is 389 g/mol. The van der Waals surface area contributed by atoms with Gasteiger partial charge < -0.3 is 15.5 Å². The minimum Gasteiger partial charge on any atom is -0.493 e. The summed E-state index contributed by atoms with van der Waals surface area (Å²) >= 11 is 6.42. The maximum absolute atomic E-state index is 11.9. The third-order valence-electron chi connectivity index (χ3n) is 3.70. The Hall–Kier alpha value is -2.78. The van der Waals surface area contributed by atoms with Crippen molar-refractivity contribution >= 4 is 59.0 Å². The molecule has 0 saturated carbocycles. The summed E-state index contributed by atoms with van der Waals surface area (Å²) in [6, 6.07) is 7.66. The number of hydrogen-bond acceptors (Lipinski definition) is 6. The van der Waals surface area contributed by atoms with Crippen molar-refractivity contribution in [3.8, 4) is 5.88 Å². The van der Waals surface area contributed by atoms with Gasteiger partial charge in [0.2, 0.25) is 11.8 Å². The van der Waals surface area contributed by atoms with Gasteiger partial charge in [0.25, 0.3) is 0 Å². The molecule has 1 amide bonds. The maximum Gasteiger partial charge on any atom is 0.305 e. The number of hydrogen-bond donors (Lipinski definition) is 3. The van der Waals surface area contributed by atoms with Crippen molar-refractivity contribution in [1.29, 1.82) is 0 Å². The number of thiazole rings is 1. The number of para-hydroxylation sites is 1. The Bertz CT molecular complexity index is 988. The molecule has 0 unspecified atom stereocenters. The minimum atomic E-state index is -0.993. The first-order chi connectivity index (χ1) is 12.5. The van der Waals surface area contributed by atoms with Gasteiger partial charge in [-0.15, -0.1) is 11.3 Å². The van der Waals surface area contributed by atoms with Crippen LogP contribution in [0, 0.1) is 3.95 Å². The standard InChI is InChI=1S/C17H15N3O4S2/c21-14(18-6-5-15(22)23)9-20-16(24)13(26-17(20)25)7-10-8-19-12-4-2-1-3-11(10)12/h1-4,7-8,24H,5-6,9H2,(H,18,21)(H,22,23)/b10-7+. The summed E-state index contributed by atoms with van der Waals surface area (Å²) in [4.78, 5) is 27.2. The molecule has 9 heteroatoms. The van der Waals surface area contributed by atoms with Crippen molar-refractivity contribution in [2.75, 3.05) is 6.54 Å². The quantitative estimate of drug-likeness (QED) is 0.659. The lowest BCUT2D eigenvalue weighted by Crippen LogP contribution is -2.29. The Kier molecular flexibility index (Phi) is 5.29. The van der Waals surface area contributed by atoms with Gasteiger partial charge in [-0.05, 0) is 24.4 Å². The summed E-state index contributed by atoms with van der Waals surface area (Å²) in [6.07, 6.45) is 3.34. The summed E-state index contributed by atoms with van der Waals surface area (Å²) in [5.74, 6) is -1.51. The molecule has 0 radical (unpaired) electrons. The van der Waals surface area contributed by atoms with E-state index in [1.807, 2.05) is 24.3 Å². The van der Waals surface area contributed by atoms with E-state index in [4.69, 9.17) is 17.3 Å². The van der Waals surface area contributed by atoms with Crippen LogP contribution in [0.25, 0.3) is 11.6 Å². The van der Waals surface area contributed by atoms with Crippen LogP contribution in [0.3, 0.4) is 0 Å². The number of amides is 1. The summed E-state index contributed by atoms with van der Waals surface area (Å²) < 4.78 is 1.67. The molecule has 0 spiro atoms. The number of carboxylic acids is 1. The lowest BCUT2D eigenvalue weighted by Gasteiger charge is -2.06. The molecule has 26 heavy (non-hydrogen) atoms. The zero-order chi connectivity index (χ0) is 18.7. The van der Waals surface area contributed by atoms with Crippen molar-refractivity contribution < 1.29 is 19.8 Å². The molecule has 2 aromatic rings. The smallest absolute Gasteiger partial charge is 0.305 e. The van der Waals surface area contributed by atoms with E-state index in [1.165, 1.54) is 15.9 Å². The second-order valence-electron chi connectivity index (χ2n) is 5.51. The van der Waals surface area contributed by atoms with Gasteiger partial charge in [0.15, 0.2) is 3.95 Å². The Morgan fingerprint density at radius 2 is 2.12 bits per heavy atom. The highest BCUT2D eigenvalue weighted by molar-refractivity contribution is 7.73. The number of carbonyl (C=O) groups excluding carboxylic acids is 1. The number of aromatic nitrogens is 1. The lowest BCUT2D eigenvalue weighted by molar-refractivity contribution is -0.136. The van der Waals surface area contributed by atoms with Gasteiger partial charge >= 0.3 is 5.97 Å². The fourth-order valence-electron chi connectivity index (χ4n) is 2.45. The fourth-order valence-corrected chi connectivity index (χ4v) is 3.71. The van der Waals surface area contributed by atoms with Gasteiger partial charge in [-0.2, -0.15) is 0 Å². The van der Waals surface area contributed by atoms with Crippen LogP contribution < -0.4 is 5.32 Å². The van der Waals surface area contributed by atoms with Gasteiger partial charge in [0.05, 0.1) is 17.0 Å². The summed E-state index contributed by atoms with van der Waals surface area (Å²) in [5, 5.41) is 21.5. The van der Waals surface area contributed by atoms with Crippen LogP contribution in [0.2, 0.25) is 0 Å². The van der Waals surface area contributed by atoms with Crippen molar-refractivity contribution in [2.24, 2.45) is 4.99 Å². The van der Waals surface area contributed by atoms with E-state index in [2.05, 4.69) is 10.3 Å². The number of aliphatic imine (C=N–C) groups is 1. The zero-order valence-electron chi connectivity index (χ0n) is 13.5. The molecular weight excluding hydrogens is 374 g/mol. The highest BCUT2D eigenvalue weighted by atomic mass is 32.1. The average Bonchev–Trinajstić information content (AvgIpc) is 3.11. The van der Waals surface area contributed by atoms with E-state index in [9.17, 15) is 14.7 Å². The number of carbonyl (C=O) groups is 2. The van der Waals surface area contributed by atoms with Gasteiger partial charge in [-0.1, -0.05) is 18.2 Å². The molecule has 134 valence electrons. The molecule has 0 atom stereocenters. The van der Waals surface area contributed by atoms with Crippen LogP contribution in [0.4, 0.5) is 5.69 Å². The molecule has 0 aliphatic carbocycles. The van der Waals surface area contributed by atoms with Crippen molar-refractivity contribution in [2.45, 2.75) is 13.0 Å². The van der Waals surface area contributed by atoms with E-state index < -0.39 is 11.9 Å². The number of nitrogens with zero attached hydrogens (tertiary/aromatic N) is 2. The summed E-state index contributed by atoms with van der Waals surface area (Å²) in [7, 11) is 0. The van der Waals surface area contributed by atoms with Gasteiger partial charge in [-0.25, -0.2) is 0 Å². The van der Waals surface area contributed by atoms with Crippen LogP contribution >= 0.6 is 23.6 Å². The van der Waals surface area contributed by atoms with Crippen LogP contribution in [0.5, 0.6) is 5.88 Å². The second kappa shape index (κ2) is 7.63. The molecule has 1 aromatic heterocycles. The number of fused-ring (bicyclic) bond motifs is 1. The van der Waals surface area contributed by atoms with E-state index >= 15 is 0 Å². The Balaban J connectivity index is 1.78. The van der Waals surface area contributed by atoms with E-state index in [1.54, 1.807) is 12.3 Å². The third kappa shape index (κ3) is 3.89. The largest absolute Gasteiger partial charge is 0.493 e. The third-order valence-corrected chi connectivity index (χ3v) is 5.09. The van der Waals surface area contributed by atoms with Crippen LogP contribution in [0.15, 0.2) is 29.3 Å². The lowest BCUT2D eigenvalue weighted by atomic mass is 10.1. The second-order valence-corrected chi connectivity index (χ2v) is 7.19. The highest BCUT2D eigenvalue weighted by Gasteiger charge is 2.16. The van der Waals surface area contributed by atoms with Crippen molar-refractivity contribution in [3.63, 3.8) is 0 Å². The summed E-state index contributed by atoms with van der Waals surface area (Å²) in [5.41, 5.74) is 2.67. The fraction of sp³-hybridized carbons (Fsp3) is 0.176. The predicted octanol–water partition coefficient (Wildman–Crippen LogP) is 2.83. The first kappa shape index (κ1) is 18.0. The molecule has 1 aromatic carbocycles. The Morgan fingerprint density at radius 1 is 1.35 bits per heavy atom. The van der Waals surface area contributed by atoms with Crippen LogP contribution in [-0.4, -0.2) is 39.4 Å². The number of rotatable bonds is 6. The Labute approximate surface area is 157 Å². The minimum absolute atomic E-state index is 0.0243. The van der Waals surface area contributed by atoms with E-state index in [-0.39, 0.29) is 25.4 Å². The Morgan fingerprint density at radius 3 is 2.88 bits per heavy atom. The zero-order valence-corrected chi connectivity index (χ0v) is 15.1. The van der Waals surface area contributed by atoms with Crippen molar-refractivity contribution in [1.82, 2.24) is 9.88 Å². The molecule has 3 N–H and O–H groups in total. The number of allylic oxidation sites excluding steroid dienone is 1. The predicted molar refractivity (Wildman–Crippen MR) is 103 cm³/mol. The number of carboxylic acid groups (broad SMARTS) is 1. The van der Waals surface area contributed by atoms with Crippen molar-refractivity contribution in [3.05, 3.63) is 38.7 Å². The number of aromatic hydroxyl groups is 1. The van der Waals surface area contributed by atoms with Gasteiger partial charge in [0, 0.05) is 23.9 Å². The normalized spacial score (nSPS) is 13.8. The SMILES string of the molecule is O=C(O)CCNC(=O)Cn1c(O)c(/C=C2\C=Nc3ccccc32)sc1=S. The molecule has 1 aliphatic rings. The van der Waals surface area contributed by atoms with E-state index in [0.717, 1.165) is 16.8 Å². The number of benzene rings is 1. The molecule has 3 rings (SSSR count). The summed E-state index contributed by atoms with van der Waals surface area (Å²) in [6.45, 7) is -0.148. The molecule has 2 heterocycles. The first-order valence-electron chi connectivity index (χ1n) is 7.72. The monoisotopic (exact) mass is 389 g/mol. The van der Waals surface area contributed by atoms with Crippen LogP contribution in [0.1, 0.15) is 16.9 Å². The highest BCUT2D eigenvalue weighted by Crippen LogP contribution is 2.35.